The third-order valence-corrected chi connectivity index (χ3v) is 5.04. The molecule has 1 atom stereocenters. The molecular weight excluding hydrogens is 358 g/mol. The average Bonchev–Trinajstić information content (AvgIpc) is 3.11. The zero-order valence-electron chi connectivity index (χ0n) is 16.0. The molecule has 0 aliphatic rings. The Labute approximate surface area is 165 Å². The quantitative estimate of drug-likeness (QED) is 0.661. The van der Waals surface area contributed by atoms with Gasteiger partial charge >= 0.3 is 0 Å². The highest BCUT2D eigenvalue weighted by molar-refractivity contribution is 6.30. The van der Waals surface area contributed by atoms with Crippen molar-refractivity contribution in [3.05, 3.63) is 71.8 Å². The van der Waals surface area contributed by atoms with Crippen LogP contribution in [0.15, 0.2) is 61.1 Å². The van der Waals surface area contributed by atoms with Crippen LogP contribution in [-0.2, 0) is 0 Å². The molecule has 0 spiro atoms. The zero-order chi connectivity index (χ0) is 19.6. The number of aromatic nitrogens is 2. The Bertz CT molecular complexity index is 956. The van der Waals surface area contributed by atoms with E-state index in [0.29, 0.717) is 10.7 Å². The maximum atomic E-state index is 12.8. The van der Waals surface area contributed by atoms with Crippen molar-refractivity contribution in [1.29, 1.82) is 0 Å². The third kappa shape index (κ3) is 4.40. The van der Waals surface area contributed by atoms with Crippen LogP contribution in [0, 0.1) is 5.41 Å². The minimum Gasteiger partial charge on any atom is -0.348 e. The SMILES string of the molecule is C[C@@H](NC(=O)c1cncn1-c1cccc(-c2cccc(Cl)c2)c1)C(C)(C)C. The molecule has 5 heteroatoms. The Hall–Kier alpha value is -2.59. The van der Waals surface area contributed by atoms with E-state index in [1.807, 2.05) is 55.5 Å². The van der Waals surface area contributed by atoms with Crippen molar-refractivity contribution >= 4 is 17.5 Å². The smallest absolute Gasteiger partial charge is 0.270 e. The van der Waals surface area contributed by atoms with Crippen LogP contribution in [0.3, 0.4) is 0 Å². The number of amides is 1. The highest BCUT2D eigenvalue weighted by Crippen LogP contribution is 2.25. The molecule has 140 valence electrons. The summed E-state index contributed by atoms with van der Waals surface area (Å²) in [5.41, 5.74) is 3.41. The van der Waals surface area contributed by atoms with Crippen molar-refractivity contribution in [2.24, 2.45) is 5.41 Å². The molecule has 0 aliphatic carbocycles. The van der Waals surface area contributed by atoms with Crippen LogP contribution in [0.5, 0.6) is 0 Å². The second kappa shape index (κ2) is 7.57. The van der Waals surface area contributed by atoms with E-state index < -0.39 is 0 Å². The van der Waals surface area contributed by atoms with Gasteiger partial charge in [-0.25, -0.2) is 4.98 Å². The molecule has 1 aromatic heterocycles. The predicted octanol–water partition coefficient (Wildman–Crippen LogP) is 5.36. The Balaban J connectivity index is 1.92. The molecule has 0 radical (unpaired) electrons. The summed E-state index contributed by atoms with van der Waals surface area (Å²) in [6, 6.07) is 15.7. The standard InChI is InChI=1S/C22H24ClN3O/c1-15(22(2,3)4)25-21(27)20-13-24-14-26(20)19-10-6-8-17(12-19)16-7-5-9-18(23)11-16/h5-15H,1-4H3,(H,25,27)/t15-/m1/s1. The highest BCUT2D eigenvalue weighted by Gasteiger charge is 2.23. The average molecular weight is 382 g/mol. The van der Waals surface area contributed by atoms with Gasteiger partial charge in [0.15, 0.2) is 0 Å². The fourth-order valence-electron chi connectivity index (χ4n) is 2.66. The second-order valence-corrected chi connectivity index (χ2v) is 8.21. The lowest BCUT2D eigenvalue weighted by Gasteiger charge is -2.28. The van der Waals surface area contributed by atoms with Crippen LogP contribution in [-0.4, -0.2) is 21.5 Å². The molecule has 4 nitrogen and oxygen atoms in total. The van der Waals surface area contributed by atoms with E-state index in [1.54, 1.807) is 17.1 Å². The van der Waals surface area contributed by atoms with Crippen molar-refractivity contribution in [2.45, 2.75) is 33.7 Å². The summed E-state index contributed by atoms with van der Waals surface area (Å²) in [6.45, 7) is 8.31. The molecular formula is C22H24ClN3O. The zero-order valence-corrected chi connectivity index (χ0v) is 16.8. The number of rotatable bonds is 4. The van der Waals surface area contributed by atoms with E-state index in [4.69, 9.17) is 11.6 Å². The van der Waals surface area contributed by atoms with Gasteiger partial charge in [0.2, 0.25) is 0 Å². The first-order valence-electron chi connectivity index (χ1n) is 8.95. The summed E-state index contributed by atoms with van der Waals surface area (Å²) in [6.07, 6.45) is 3.25. The fraction of sp³-hybridized carbons (Fsp3) is 0.273. The molecule has 1 N–H and O–H groups in total. The normalized spacial score (nSPS) is 12.6. The number of carbonyl (C=O) groups is 1. The van der Waals surface area contributed by atoms with Gasteiger partial charge in [0, 0.05) is 16.8 Å². The lowest BCUT2D eigenvalue weighted by atomic mass is 9.88. The van der Waals surface area contributed by atoms with E-state index in [-0.39, 0.29) is 17.4 Å². The van der Waals surface area contributed by atoms with Gasteiger partial charge in [0.1, 0.15) is 5.69 Å². The van der Waals surface area contributed by atoms with Gasteiger partial charge in [-0.15, -0.1) is 0 Å². The van der Waals surface area contributed by atoms with Crippen LogP contribution in [0.25, 0.3) is 16.8 Å². The number of hydrogen-bond donors (Lipinski definition) is 1. The third-order valence-electron chi connectivity index (χ3n) is 4.80. The van der Waals surface area contributed by atoms with Crippen molar-refractivity contribution in [3.63, 3.8) is 0 Å². The Morgan fingerprint density at radius 2 is 1.78 bits per heavy atom. The van der Waals surface area contributed by atoms with Crippen molar-refractivity contribution < 1.29 is 4.79 Å². The van der Waals surface area contributed by atoms with Gasteiger partial charge in [-0.05, 0) is 47.7 Å². The van der Waals surface area contributed by atoms with Gasteiger partial charge in [0.25, 0.3) is 5.91 Å². The maximum Gasteiger partial charge on any atom is 0.270 e. The van der Waals surface area contributed by atoms with Crippen LogP contribution in [0.2, 0.25) is 5.02 Å². The van der Waals surface area contributed by atoms with Crippen LogP contribution < -0.4 is 5.32 Å². The molecule has 0 fully saturated rings. The summed E-state index contributed by atoms with van der Waals surface area (Å²) in [5.74, 6) is -0.136. The lowest BCUT2D eigenvalue weighted by Crippen LogP contribution is -2.41. The van der Waals surface area contributed by atoms with Gasteiger partial charge < -0.3 is 5.32 Å². The molecule has 0 aliphatic heterocycles. The second-order valence-electron chi connectivity index (χ2n) is 7.77. The van der Waals surface area contributed by atoms with Crippen LogP contribution in [0.4, 0.5) is 0 Å². The number of nitrogens with one attached hydrogen (secondary N) is 1. The minimum atomic E-state index is -0.136. The molecule has 27 heavy (non-hydrogen) atoms. The van der Waals surface area contributed by atoms with E-state index in [9.17, 15) is 4.79 Å². The first kappa shape index (κ1) is 19.2. The van der Waals surface area contributed by atoms with Gasteiger partial charge in [-0.3, -0.25) is 9.36 Å². The molecule has 0 saturated carbocycles. The van der Waals surface area contributed by atoms with E-state index >= 15 is 0 Å². The maximum absolute atomic E-state index is 12.8. The molecule has 0 bridgehead atoms. The molecule has 0 unspecified atom stereocenters. The van der Waals surface area contributed by atoms with E-state index in [2.05, 4.69) is 31.1 Å². The molecule has 3 aromatic rings. The molecule has 1 amide bonds. The van der Waals surface area contributed by atoms with Gasteiger partial charge in [-0.1, -0.05) is 56.6 Å². The Morgan fingerprint density at radius 1 is 1.11 bits per heavy atom. The van der Waals surface area contributed by atoms with E-state index in [1.165, 1.54) is 0 Å². The summed E-state index contributed by atoms with van der Waals surface area (Å²) >= 11 is 6.12. The van der Waals surface area contributed by atoms with Gasteiger partial charge in [0.05, 0.1) is 12.5 Å². The summed E-state index contributed by atoms with van der Waals surface area (Å²) in [4.78, 5) is 17.0. The van der Waals surface area contributed by atoms with Crippen molar-refractivity contribution in [1.82, 2.24) is 14.9 Å². The molecule has 2 aromatic carbocycles. The Kier molecular flexibility index (Phi) is 5.38. The topological polar surface area (TPSA) is 46.9 Å². The van der Waals surface area contributed by atoms with E-state index in [0.717, 1.165) is 16.8 Å². The highest BCUT2D eigenvalue weighted by atomic mass is 35.5. The number of imidazole rings is 1. The minimum absolute atomic E-state index is 0.0208. The molecule has 3 rings (SSSR count). The fourth-order valence-corrected chi connectivity index (χ4v) is 2.85. The molecule has 0 saturated heterocycles. The van der Waals surface area contributed by atoms with Crippen molar-refractivity contribution in [3.8, 4) is 16.8 Å². The monoisotopic (exact) mass is 381 g/mol. The number of halogens is 1. The van der Waals surface area contributed by atoms with Crippen molar-refractivity contribution in [2.75, 3.05) is 0 Å². The Morgan fingerprint density at radius 3 is 2.44 bits per heavy atom. The lowest BCUT2D eigenvalue weighted by molar-refractivity contribution is 0.0903. The first-order chi connectivity index (χ1) is 12.8. The van der Waals surface area contributed by atoms with Gasteiger partial charge in [-0.2, -0.15) is 0 Å². The predicted molar refractivity (Wildman–Crippen MR) is 110 cm³/mol. The van der Waals surface area contributed by atoms with Crippen LogP contribution >= 0.6 is 11.6 Å². The number of hydrogen-bond acceptors (Lipinski definition) is 2. The number of benzene rings is 2. The summed E-state index contributed by atoms with van der Waals surface area (Å²) in [7, 11) is 0. The number of nitrogens with zero attached hydrogens (tertiary/aromatic N) is 2. The summed E-state index contributed by atoms with van der Waals surface area (Å²) < 4.78 is 1.80. The number of carbonyl (C=O) groups excluding carboxylic acids is 1. The van der Waals surface area contributed by atoms with Crippen LogP contribution in [0.1, 0.15) is 38.2 Å². The molecule has 1 heterocycles. The largest absolute Gasteiger partial charge is 0.348 e. The summed E-state index contributed by atoms with van der Waals surface area (Å²) in [5, 5.41) is 3.76. The first-order valence-corrected chi connectivity index (χ1v) is 9.33.